The molecule has 0 aliphatic heterocycles. The van der Waals surface area contributed by atoms with Crippen LogP contribution in [0.15, 0.2) is 24.3 Å². The predicted octanol–water partition coefficient (Wildman–Crippen LogP) is 2.86. The van der Waals surface area contributed by atoms with Crippen molar-refractivity contribution in [2.45, 2.75) is 18.8 Å². The van der Waals surface area contributed by atoms with Crippen LogP contribution in [0.1, 0.15) is 34.2 Å². The second kappa shape index (κ2) is 4.14. The molecule has 4 rings (SSSR count). The summed E-state index contributed by atoms with van der Waals surface area (Å²) < 4.78 is 0.497. The van der Waals surface area contributed by atoms with Crippen molar-refractivity contribution in [1.29, 1.82) is 0 Å². The molecule has 2 aromatic heterocycles. The highest BCUT2D eigenvalue weighted by molar-refractivity contribution is 7.71. The summed E-state index contributed by atoms with van der Waals surface area (Å²) in [5.74, 6) is 0.955. The summed E-state index contributed by atoms with van der Waals surface area (Å²) in [4.78, 5) is 18.6. The zero-order chi connectivity index (χ0) is 13.7. The molecule has 20 heavy (non-hydrogen) atoms. The molecule has 1 aromatic carbocycles. The third-order valence-electron chi connectivity index (χ3n) is 3.88. The number of hydrogen-bond acceptors (Lipinski definition) is 3. The van der Waals surface area contributed by atoms with Crippen LogP contribution in [0.5, 0.6) is 0 Å². The summed E-state index contributed by atoms with van der Waals surface area (Å²) in [6, 6.07) is 8.01. The van der Waals surface area contributed by atoms with Gasteiger partial charge in [0.05, 0.1) is 5.69 Å². The number of benzene rings is 1. The van der Waals surface area contributed by atoms with Crippen molar-refractivity contribution in [2.75, 3.05) is 0 Å². The molecule has 0 saturated heterocycles. The number of hydrogen-bond donors (Lipinski definition) is 3. The lowest BCUT2D eigenvalue weighted by Gasteiger charge is -2.19. The Morgan fingerprint density at radius 1 is 1.20 bits per heavy atom. The van der Waals surface area contributed by atoms with Gasteiger partial charge in [0.1, 0.15) is 5.82 Å². The van der Waals surface area contributed by atoms with Gasteiger partial charge in [0.15, 0.2) is 10.6 Å². The lowest BCUT2D eigenvalue weighted by atomic mass is 9.85. The Morgan fingerprint density at radius 2 is 2.05 bits per heavy atom. The largest absolute Gasteiger partial charge is 0.352 e. The van der Waals surface area contributed by atoms with Gasteiger partial charge in [0.2, 0.25) is 0 Å². The molecule has 0 spiro atoms. The summed E-state index contributed by atoms with van der Waals surface area (Å²) in [7, 11) is 0. The molecule has 1 atom stereocenters. The molecule has 1 aliphatic rings. The average Bonchev–Trinajstić information content (AvgIpc) is 3.03. The van der Waals surface area contributed by atoms with E-state index in [0.717, 1.165) is 34.4 Å². The maximum absolute atomic E-state index is 12.3. The summed E-state index contributed by atoms with van der Waals surface area (Å²) >= 11 is 5.01. The van der Waals surface area contributed by atoms with Crippen LogP contribution in [-0.2, 0) is 6.42 Å². The predicted molar refractivity (Wildman–Crippen MR) is 77.5 cm³/mol. The first kappa shape index (κ1) is 11.6. The number of Topliss-reactive ketones (excluding diaryl/α,β-unsaturated/α-hetero) is 1. The van der Waals surface area contributed by atoms with Crippen molar-refractivity contribution in [1.82, 2.24) is 20.2 Å². The number of ketones is 1. The van der Waals surface area contributed by atoms with Gasteiger partial charge in [-0.3, -0.25) is 9.89 Å². The topological polar surface area (TPSA) is 77.3 Å². The zero-order valence-electron chi connectivity index (χ0n) is 10.6. The normalized spacial score (nSPS) is 18.4. The molecule has 3 aromatic rings. The molecule has 100 valence electrons. The molecule has 0 amide bonds. The minimum Gasteiger partial charge on any atom is -0.352 e. The lowest BCUT2D eigenvalue weighted by molar-refractivity contribution is 0.0959. The Bertz CT molecular complexity index is 873. The first-order valence-corrected chi connectivity index (χ1v) is 6.90. The molecule has 0 radical (unpaired) electrons. The van der Waals surface area contributed by atoms with E-state index in [4.69, 9.17) is 12.2 Å². The SMILES string of the molecule is O=C1CC(c2n[nH]c(=S)[nH]2)Cc2c1[nH]c1ccccc21. The third kappa shape index (κ3) is 1.65. The maximum Gasteiger partial charge on any atom is 0.192 e. The Balaban J connectivity index is 1.85. The third-order valence-corrected chi connectivity index (χ3v) is 4.07. The monoisotopic (exact) mass is 284 g/mol. The van der Waals surface area contributed by atoms with Gasteiger partial charge in [-0.1, -0.05) is 18.2 Å². The van der Waals surface area contributed by atoms with E-state index in [0.29, 0.717) is 11.2 Å². The molecule has 0 saturated carbocycles. The van der Waals surface area contributed by atoms with Crippen molar-refractivity contribution < 1.29 is 4.79 Å². The van der Waals surface area contributed by atoms with Gasteiger partial charge < -0.3 is 9.97 Å². The molecular formula is C14H12N4OS. The number of nitrogens with one attached hydrogen (secondary N) is 3. The van der Waals surface area contributed by atoms with E-state index in [1.54, 1.807) is 0 Å². The van der Waals surface area contributed by atoms with Crippen LogP contribution in [-0.4, -0.2) is 25.9 Å². The summed E-state index contributed by atoms with van der Waals surface area (Å²) in [5.41, 5.74) is 2.85. The molecule has 0 fully saturated rings. The van der Waals surface area contributed by atoms with Crippen molar-refractivity contribution in [2.24, 2.45) is 0 Å². The summed E-state index contributed by atoms with van der Waals surface area (Å²) in [6.07, 6.45) is 1.25. The van der Waals surface area contributed by atoms with E-state index in [2.05, 4.69) is 20.2 Å². The number of carbonyl (C=O) groups excluding carboxylic acids is 1. The molecule has 6 heteroatoms. The van der Waals surface area contributed by atoms with Crippen LogP contribution in [0, 0.1) is 4.77 Å². The van der Waals surface area contributed by atoms with Gasteiger partial charge in [0.25, 0.3) is 0 Å². The van der Waals surface area contributed by atoms with E-state index in [-0.39, 0.29) is 11.7 Å². The first-order valence-electron chi connectivity index (χ1n) is 6.50. The summed E-state index contributed by atoms with van der Waals surface area (Å²) in [6.45, 7) is 0. The maximum atomic E-state index is 12.3. The number of H-pyrrole nitrogens is 3. The Kier molecular flexibility index (Phi) is 2.40. The number of fused-ring (bicyclic) bond motifs is 3. The molecule has 1 aliphatic carbocycles. The van der Waals surface area contributed by atoms with E-state index in [1.807, 2.05) is 24.3 Å². The Labute approximate surface area is 119 Å². The smallest absolute Gasteiger partial charge is 0.192 e. The highest BCUT2D eigenvalue weighted by Gasteiger charge is 2.30. The number of aromatic amines is 3. The fraction of sp³-hybridized carbons (Fsp3) is 0.214. The van der Waals surface area contributed by atoms with Crippen LogP contribution in [0.3, 0.4) is 0 Å². The molecule has 2 heterocycles. The highest BCUT2D eigenvalue weighted by atomic mass is 32.1. The van der Waals surface area contributed by atoms with Crippen molar-refractivity contribution in [3.05, 3.63) is 46.1 Å². The minimum atomic E-state index is 0.0576. The molecule has 1 unspecified atom stereocenters. The van der Waals surface area contributed by atoms with Crippen LogP contribution in [0.4, 0.5) is 0 Å². The number of para-hydroxylation sites is 1. The van der Waals surface area contributed by atoms with Gasteiger partial charge in [0, 0.05) is 23.2 Å². The van der Waals surface area contributed by atoms with Gasteiger partial charge in [-0.05, 0) is 30.3 Å². The zero-order valence-corrected chi connectivity index (χ0v) is 11.4. The lowest BCUT2D eigenvalue weighted by Crippen LogP contribution is -2.19. The fourth-order valence-electron chi connectivity index (χ4n) is 2.96. The quantitative estimate of drug-likeness (QED) is 0.601. The van der Waals surface area contributed by atoms with Crippen molar-refractivity contribution in [3.63, 3.8) is 0 Å². The van der Waals surface area contributed by atoms with Gasteiger partial charge in [-0.15, -0.1) is 0 Å². The molecule has 0 bridgehead atoms. The van der Waals surface area contributed by atoms with Crippen LogP contribution < -0.4 is 0 Å². The highest BCUT2D eigenvalue weighted by Crippen LogP contribution is 2.35. The van der Waals surface area contributed by atoms with Crippen molar-refractivity contribution >= 4 is 28.9 Å². The number of rotatable bonds is 1. The molecule has 3 N–H and O–H groups in total. The van der Waals surface area contributed by atoms with Crippen LogP contribution in [0.2, 0.25) is 0 Å². The Morgan fingerprint density at radius 3 is 2.85 bits per heavy atom. The van der Waals surface area contributed by atoms with Crippen LogP contribution in [0.25, 0.3) is 10.9 Å². The average molecular weight is 284 g/mol. The second-order valence-electron chi connectivity index (χ2n) is 5.12. The van der Waals surface area contributed by atoms with Gasteiger partial charge >= 0.3 is 0 Å². The molecular weight excluding hydrogens is 272 g/mol. The van der Waals surface area contributed by atoms with Gasteiger partial charge in [-0.25, -0.2) is 0 Å². The number of carbonyl (C=O) groups is 1. The summed E-state index contributed by atoms with van der Waals surface area (Å²) in [5, 5.41) is 8.01. The minimum absolute atomic E-state index is 0.0576. The second-order valence-corrected chi connectivity index (χ2v) is 5.52. The standard InChI is InChI=1S/C14H12N4OS/c19-11-6-7(13-16-14(20)18-17-13)5-9-8-3-1-2-4-10(8)15-12(9)11/h1-4,7,15H,5-6H2,(H2,16,17,18,20). The number of aromatic nitrogens is 4. The van der Waals surface area contributed by atoms with E-state index >= 15 is 0 Å². The van der Waals surface area contributed by atoms with Gasteiger partial charge in [-0.2, -0.15) is 5.10 Å². The van der Waals surface area contributed by atoms with E-state index < -0.39 is 0 Å². The fourth-order valence-corrected chi connectivity index (χ4v) is 3.11. The van der Waals surface area contributed by atoms with E-state index in [1.165, 1.54) is 0 Å². The van der Waals surface area contributed by atoms with Crippen LogP contribution >= 0.6 is 12.2 Å². The van der Waals surface area contributed by atoms with E-state index in [9.17, 15) is 4.79 Å². The first-order chi connectivity index (χ1) is 9.72. The molecule has 5 nitrogen and oxygen atoms in total. The van der Waals surface area contributed by atoms with Crippen molar-refractivity contribution in [3.8, 4) is 0 Å². The Hall–Kier alpha value is -2.21. The number of nitrogens with zero attached hydrogens (tertiary/aromatic N) is 1.